The number of aryl methyl sites for hydroxylation is 1. The van der Waals surface area contributed by atoms with Crippen molar-refractivity contribution in [2.45, 2.75) is 115 Å². The lowest BCUT2D eigenvalue weighted by Gasteiger charge is -2.36. The van der Waals surface area contributed by atoms with Gasteiger partial charge in [0.15, 0.2) is 5.67 Å². The van der Waals surface area contributed by atoms with Crippen molar-refractivity contribution in [3.05, 3.63) is 41.0 Å². The smallest absolute Gasteiger partial charge is 0.258 e. The van der Waals surface area contributed by atoms with Gasteiger partial charge in [-0.05, 0) is 93.3 Å². The first-order valence-electron chi connectivity index (χ1n) is 19.0. The van der Waals surface area contributed by atoms with Crippen LogP contribution in [0.4, 0.5) is 4.39 Å². The molecule has 1 aliphatic carbocycles. The molecule has 6 rings (SSSR count). The Kier molecular flexibility index (Phi) is 11.7. The molecule has 4 N–H and O–H groups in total. The predicted molar refractivity (Wildman–Crippen MR) is 198 cm³/mol. The lowest BCUT2D eigenvalue weighted by molar-refractivity contribution is -0.145. The fourth-order valence-corrected chi connectivity index (χ4v) is 8.81. The van der Waals surface area contributed by atoms with Crippen molar-refractivity contribution in [1.82, 2.24) is 30.7 Å². The van der Waals surface area contributed by atoms with E-state index < -0.39 is 53.0 Å². The monoisotopic (exact) mass is 738 g/mol. The Bertz CT molecular complexity index is 1590. The van der Waals surface area contributed by atoms with E-state index in [1.807, 2.05) is 36.1 Å². The molecule has 2 aromatic rings. The van der Waals surface area contributed by atoms with E-state index in [1.54, 1.807) is 37.6 Å². The van der Waals surface area contributed by atoms with Gasteiger partial charge in [0.25, 0.3) is 5.91 Å². The highest BCUT2D eigenvalue weighted by molar-refractivity contribution is 7.13. The number of alkyl halides is 1. The van der Waals surface area contributed by atoms with Crippen LogP contribution in [0.1, 0.15) is 95.9 Å². The number of nitrogens with zero attached hydrogens (tertiary/aromatic N) is 3. The summed E-state index contributed by atoms with van der Waals surface area (Å²) < 4.78 is 14.7. The van der Waals surface area contributed by atoms with Crippen LogP contribution in [0.2, 0.25) is 0 Å². The van der Waals surface area contributed by atoms with Crippen molar-refractivity contribution in [3.8, 4) is 10.4 Å². The van der Waals surface area contributed by atoms with E-state index in [-0.39, 0.29) is 38.1 Å². The summed E-state index contributed by atoms with van der Waals surface area (Å²) in [5, 5.41) is 19.8. The van der Waals surface area contributed by atoms with E-state index in [9.17, 15) is 28.7 Å². The molecule has 4 fully saturated rings. The molecule has 4 aliphatic rings. The van der Waals surface area contributed by atoms with Crippen LogP contribution in [0.25, 0.3) is 10.4 Å². The molecule has 13 heteroatoms. The number of carbonyl (C=O) groups is 4. The van der Waals surface area contributed by atoms with E-state index in [2.05, 4.69) is 20.9 Å². The zero-order valence-corrected chi connectivity index (χ0v) is 31.8. The Hall–Kier alpha value is -3.42. The molecule has 4 amide bonds. The van der Waals surface area contributed by atoms with Crippen molar-refractivity contribution in [2.24, 2.45) is 17.3 Å². The van der Waals surface area contributed by atoms with Gasteiger partial charge < -0.3 is 30.9 Å². The highest BCUT2D eigenvalue weighted by Crippen LogP contribution is 2.40. The largest absolute Gasteiger partial charge is 0.391 e. The van der Waals surface area contributed by atoms with E-state index in [0.717, 1.165) is 53.5 Å². The molecule has 1 saturated carbocycles. The average molecular weight is 739 g/mol. The molecule has 0 unspecified atom stereocenters. The Morgan fingerprint density at radius 1 is 1.04 bits per heavy atom. The summed E-state index contributed by atoms with van der Waals surface area (Å²) in [6, 6.07) is 4.95. The number of amides is 4. The molecule has 11 nitrogen and oxygen atoms in total. The van der Waals surface area contributed by atoms with Crippen molar-refractivity contribution in [1.29, 1.82) is 0 Å². The van der Waals surface area contributed by atoms with Crippen molar-refractivity contribution < 1.29 is 28.7 Å². The molecule has 1 aromatic heterocycles. The number of aliphatic hydroxyl groups is 1. The number of hydrogen-bond acceptors (Lipinski definition) is 8. The van der Waals surface area contributed by atoms with Crippen molar-refractivity contribution in [3.63, 3.8) is 0 Å². The molecule has 3 aliphatic heterocycles. The van der Waals surface area contributed by atoms with Crippen molar-refractivity contribution in [2.75, 3.05) is 32.7 Å². The van der Waals surface area contributed by atoms with Crippen molar-refractivity contribution >= 4 is 35.0 Å². The Balaban J connectivity index is 1.17. The summed E-state index contributed by atoms with van der Waals surface area (Å²) in [5.74, 6) is -0.543. The summed E-state index contributed by atoms with van der Waals surface area (Å²) in [7, 11) is 0. The standard InChI is InChI=1S/C39H55FN6O5S/c1-24-33(52-23-42-24)28-7-5-27(6-8-28)30(21-32(48)45-17-11-26(12-18-45)19-25-9-15-41-16-10-25)43-35(49)31-20-29(47)22-46(31)36(50)34(38(2,3)4)44-37(51)39(40)13-14-39/h5-8,23,25-26,29-31,34,41,47H,9-22H2,1-4H3,(H,43,49)(H,44,51)/t29-,30+,31+,34-/m1/s1. The van der Waals surface area contributed by atoms with Gasteiger partial charge in [-0.1, -0.05) is 45.0 Å². The van der Waals surface area contributed by atoms with Crippen LogP contribution in [-0.2, 0) is 19.2 Å². The number of rotatable bonds is 11. The maximum atomic E-state index is 14.7. The van der Waals surface area contributed by atoms with Crippen LogP contribution in [0.3, 0.4) is 0 Å². The number of aromatic nitrogens is 1. The molecule has 284 valence electrons. The van der Waals surface area contributed by atoms with Gasteiger partial charge in [-0.2, -0.15) is 0 Å². The number of thiazole rings is 1. The lowest BCUT2D eigenvalue weighted by atomic mass is 9.83. The molecule has 4 atom stereocenters. The Morgan fingerprint density at radius 2 is 1.69 bits per heavy atom. The molecule has 0 radical (unpaired) electrons. The summed E-state index contributed by atoms with van der Waals surface area (Å²) in [6.45, 7) is 10.7. The molecule has 1 aromatic carbocycles. The van der Waals surface area contributed by atoms with Crippen LogP contribution in [0.15, 0.2) is 29.8 Å². The van der Waals surface area contributed by atoms with Crippen LogP contribution >= 0.6 is 11.3 Å². The average Bonchev–Trinajstić information content (AvgIpc) is 3.53. The second-order valence-electron chi connectivity index (χ2n) is 16.5. The molecule has 3 saturated heterocycles. The minimum Gasteiger partial charge on any atom is -0.391 e. The van der Waals surface area contributed by atoms with Crippen LogP contribution < -0.4 is 16.0 Å². The first kappa shape index (κ1) is 38.3. The summed E-state index contributed by atoms with van der Waals surface area (Å²) in [4.78, 5) is 63.4. The second kappa shape index (κ2) is 15.9. The van der Waals surface area contributed by atoms with Crippen LogP contribution in [0, 0.1) is 24.2 Å². The quantitative estimate of drug-likeness (QED) is 0.270. The number of β-amino-alcohol motifs (C(OH)–C–C–N with tert-alkyl or cyclic N) is 1. The molecule has 52 heavy (non-hydrogen) atoms. The molecule has 0 spiro atoms. The fraction of sp³-hybridized carbons (Fsp3) is 0.667. The normalized spacial score (nSPS) is 23.6. The zero-order valence-electron chi connectivity index (χ0n) is 31.0. The van der Waals surface area contributed by atoms with Gasteiger partial charge in [0.2, 0.25) is 17.7 Å². The third-order valence-electron chi connectivity index (χ3n) is 11.5. The van der Waals surface area contributed by atoms with Crippen LogP contribution in [0.5, 0.6) is 0 Å². The van der Waals surface area contributed by atoms with Crippen LogP contribution in [-0.4, -0.2) is 100 Å². The third kappa shape index (κ3) is 9.02. The number of likely N-dealkylation sites (tertiary alicyclic amines) is 2. The highest BCUT2D eigenvalue weighted by Gasteiger charge is 2.53. The number of hydrogen-bond donors (Lipinski definition) is 4. The summed E-state index contributed by atoms with van der Waals surface area (Å²) >= 11 is 1.55. The molecular formula is C39H55FN6O5S. The fourth-order valence-electron chi connectivity index (χ4n) is 7.99. The van der Waals surface area contributed by atoms with Gasteiger partial charge in [0, 0.05) is 26.1 Å². The SMILES string of the molecule is Cc1ncsc1-c1ccc([C@H](CC(=O)N2CCC(CC3CCNCC3)CC2)NC(=O)[C@@H]2C[C@@H](O)CN2C(=O)[C@@H](NC(=O)C2(F)CC2)C(C)(C)C)cc1. The highest BCUT2D eigenvalue weighted by atomic mass is 32.1. The zero-order chi connectivity index (χ0) is 37.2. The van der Waals surface area contributed by atoms with Gasteiger partial charge in [-0.3, -0.25) is 19.2 Å². The molecule has 0 bridgehead atoms. The van der Waals surface area contributed by atoms with Gasteiger partial charge in [0.05, 0.1) is 34.6 Å². The summed E-state index contributed by atoms with van der Waals surface area (Å²) in [5.41, 5.74) is 1.71. The number of aliphatic hydroxyl groups excluding tert-OH is 1. The molecule has 4 heterocycles. The first-order valence-corrected chi connectivity index (χ1v) is 19.9. The predicted octanol–water partition coefficient (Wildman–Crippen LogP) is 4.29. The number of benzene rings is 1. The number of nitrogens with one attached hydrogen (secondary N) is 3. The molecular weight excluding hydrogens is 684 g/mol. The topological polar surface area (TPSA) is 144 Å². The number of carbonyl (C=O) groups excluding carboxylic acids is 4. The van der Waals surface area contributed by atoms with E-state index in [0.29, 0.717) is 19.0 Å². The van der Waals surface area contributed by atoms with E-state index >= 15 is 0 Å². The maximum Gasteiger partial charge on any atom is 0.258 e. The number of piperidine rings is 2. The van der Waals surface area contributed by atoms with Gasteiger partial charge in [-0.25, -0.2) is 9.37 Å². The number of halogens is 1. The van der Waals surface area contributed by atoms with Gasteiger partial charge >= 0.3 is 0 Å². The second-order valence-corrected chi connectivity index (χ2v) is 17.4. The van der Waals surface area contributed by atoms with E-state index in [4.69, 9.17) is 0 Å². The van der Waals surface area contributed by atoms with Gasteiger partial charge in [0.1, 0.15) is 12.1 Å². The van der Waals surface area contributed by atoms with E-state index in [1.165, 1.54) is 24.2 Å². The maximum absolute atomic E-state index is 14.7. The Morgan fingerprint density at radius 3 is 2.29 bits per heavy atom. The minimum atomic E-state index is -1.97. The Labute approximate surface area is 310 Å². The lowest BCUT2D eigenvalue weighted by Crippen LogP contribution is -2.59. The minimum absolute atomic E-state index is 0.00423. The first-order chi connectivity index (χ1) is 24.7. The summed E-state index contributed by atoms with van der Waals surface area (Å²) in [6.07, 6.45) is 4.90. The third-order valence-corrected chi connectivity index (χ3v) is 12.4. The van der Waals surface area contributed by atoms with Gasteiger partial charge in [-0.15, -0.1) is 11.3 Å².